The summed E-state index contributed by atoms with van der Waals surface area (Å²) in [5, 5.41) is 5.59. The molecule has 4 nitrogen and oxygen atoms in total. The van der Waals surface area contributed by atoms with Gasteiger partial charge in [0.1, 0.15) is 5.52 Å². The standard InChI is InChI=1S/C14H11N3OS/c18-14(16-10-5-2-1-3-6-10)17-11-7-4-8-12-13(11)15-9-19-12/h1-9H,(H2,16,17,18). The van der Waals surface area contributed by atoms with Crippen LogP contribution in [-0.2, 0) is 0 Å². The molecule has 2 amide bonds. The first-order valence-corrected chi connectivity index (χ1v) is 6.66. The van der Waals surface area contributed by atoms with Crippen molar-refractivity contribution in [2.45, 2.75) is 0 Å². The highest BCUT2D eigenvalue weighted by atomic mass is 32.1. The largest absolute Gasteiger partial charge is 0.323 e. The summed E-state index contributed by atoms with van der Waals surface area (Å²) in [6, 6.07) is 14.8. The van der Waals surface area contributed by atoms with Gasteiger partial charge in [-0.25, -0.2) is 9.78 Å². The Morgan fingerprint density at radius 2 is 1.84 bits per heavy atom. The van der Waals surface area contributed by atoms with Crippen LogP contribution in [-0.4, -0.2) is 11.0 Å². The van der Waals surface area contributed by atoms with Crippen LogP contribution in [0, 0.1) is 0 Å². The molecule has 0 aliphatic carbocycles. The Bertz CT molecular complexity index is 709. The lowest BCUT2D eigenvalue weighted by Gasteiger charge is -2.07. The average Bonchev–Trinajstić information content (AvgIpc) is 2.89. The third-order valence-electron chi connectivity index (χ3n) is 2.64. The van der Waals surface area contributed by atoms with E-state index >= 15 is 0 Å². The molecule has 2 aromatic carbocycles. The number of fused-ring (bicyclic) bond motifs is 1. The second kappa shape index (κ2) is 5.07. The molecule has 3 rings (SSSR count). The van der Waals surface area contributed by atoms with Crippen LogP contribution in [0.5, 0.6) is 0 Å². The predicted molar refractivity (Wildman–Crippen MR) is 78.7 cm³/mol. The maximum atomic E-state index is 11.9. The molecule has 2 N–H and O–H groups in total. The number of urea groups is 1. The monoisotopic (exact) mass is 269 g/mol. The Morgan fingerprint density at radius 3 is 2.68 bits per heavy atom. The lowest BCUT2D eigenvalue weighted by molar-refractivity contribution is 0.262. The van der Waals surface area contributed by atoms with Crippen molar-refractivity contribution in [3.8, 4) is 0 Å². The second-order valence-corrected chi connectivity index (χ2v) is 4.84. The number of nitrogens with one attached hydrogen (secondary N) is 2. The molecule has 19 heavy (non-hydrogen) atoms. The average molecular weight is 269 g/mol. The van der Waals surface area contributed by atoms with E-state index < -0.39 is 0 Å². The van der Waals surface area contributed by atoms with Crippen molar-refractivity contribution < 1.29 is 4.79 Å². The summed E-state index contributed by atoms with van der Waals surface area (Å²) in [5.41, 5.74) is 4.05. The van der Waals surface area contributed by atoms with Gasteiger partial charge in [0, 0.05) is 5.69 Å². The zero-order valence-electron chi connectivity index (χ0n) is 9.96. The first kappa shape index (κ1) is 11.7. The summed E-state index contributed by atoms with van der Waals surface area (Å²) < 4.78 is 1.05. The first-order valence-electron chi connectivity index (χ1n) is 5.78. The number of aromatic nitrogens is 1. The number of hydrogen-bond donors (Lipinski definition) is 2. The van der Waals surface area contributed by atoms with Crippen LogP contribution < -0.4 is 10.6 Å². The normalized spacial score (nSPS) is 10.3. The molecule has 0 spiro atoms. The number of amides is 2. The summed E-state index contributed by atoms with van der Waals surface area (Å²) in [6.45, 7) is 0. The molecule has 0 unspecified atom stereocenters. The van der Waals surface area contributed by atoms with Crippen LogP contribution in [0.15, 0.2) is 54.0 Å². The minimum absolute atomic E-state index is 0.272. The molecular weight excluding hydrogens is 258 g/mol. The smallest absolute Gasteiger partial charge is 0.308 e. The van der Waals surface area contributed by atoms with Gasteiger partial charge in [-0.1, -0.05) is 24.3 Å². The second-order valence-electron chi connectivity index (χ2n) is 3.95. The van der Waals surface area contributed by atoms with Gasteiger partial charge in [-0.3, -0.25) is 0 Å². The highest BCUT2D eigenvalue weighted by molar-refractivity contribution is 7.16. The summed E-state index contributed by atoms with van der Waals surface area (Å²) in [6.07, 6.45) is 0. The Kier molecular flexibility index (Phi) is 3.12. The number of carbonyl (C=O) groups is 1. The molecule has 0 fully saturated rings. The summed E-state index contributed by atoms with van der Waals surface area (Å²) in [5.74, 6) is 0. The Hall–Kier alpha value is -2.40. The van der Waals surface area contributed by atoms with E-state index in [4.69, 9.17) is 0 Å². The Labute approximate surface area is 114 Å². The molecule has 5 heteroatoms. The van der Waals surface area contributed by atoms with Crippen molar-refractivity contribution >= 4 is 39.0 Å². The van der Waals surface area contributed by atoms with Crippen LogP contribution in [0.25, 0.3) is 10.2 Å². The maximum Gasteiger partial charge on any atom is 0.323 e. The van der Waals surface area contributed by atoms with Crippen LogP contribution in [0.3, 0.4) is 0 Å². The van der Waals surface area contributed by atoms with Gasteiger partial charge in [0.2, 0.25) is 0 Å². The number of benzene rings is 2. The van der Waals surface area contributed by atoms with Crippen molar-refractivity contribution in [3.63, 3.8) is 0 Å². The van der Waals surface area contributed by atoms with Crippen molar-refractivity contribution in [1.29, 1.82) is 0 Å². The van der Waals surface area contributed by atoms with E-state index in [-0.39, 0.29) is 6.03 Å². The number of rotatable bonds is 2. The Morgan fingerprint density at radius 1 is 1.00 bits per heavy atom. The van der Waals surface area contributed by atoms with Gasteiger partial charge in [-0.05, 0) is 24.3 Å². The van der Waals surface area contributed by atoms with E-state index in [9.17, 15) is 4.79 Å². The van der Waals surface area contributed by atoms with Gasteiger partial charge in [0.05, 0.1) is 15.9 Å². The number of thiazole rings is 1. The van der Waals surface area contributed by atoms with Gasteiger partial charge in [0.15, 0.2) is 0 Å². The molecule has 3 aromatic rings. The highest BCUT2D eigenvalue weighted by Gasteiger charge is 2.07. The zero-order valence-corrected chi connectivity index (χ0v) is 10.8. The van der Waals surface area contributed by atoms with Gasteiger partial charge in [0.25, 0.3) is 0 Å². The zero-order chi connectivity index (χ0) is 13.1. The van der Waals surface area contributed by atoms with Gasteiger partial charge in [-0.2, -0.15) is 0 Å². The molecular formula is C14H11N3OS. The van der Waals surface area contributed by atoms with Crippen LogP contribution in [0.2, 0.25) is 0 Å². The lowest BCUT2D eigenvalue weighted by atomic mass is 10.3. The van der Waals surface area contributed by atoms with Gasteiger partial charge in [-0.15, -0.1) is 11.3 Å². The molecule has 0 saturated heterocycles. The third kappa shape index (κ3) is 2.56. The number of hydrogen-bond acceptors (Lipinski definition) is 3. The minimum atomic E-state index is -0.272. The summed E-state index contributed by atoms with van der Waals surface area (Å²) >= 11 is 1.55. The molecule has 0 aliphatic heterocycles. The Balaban J connectivity index is 1.78. The van der Waals surface area contributed by atoms with Crippen molar-refractivity contribution in [3.05, 3.63) is 54.0 Å². The molecule has 1 heterocycles. The van der Waals surface area contributed by atoms with E-state index in [1.54, 1.807) is 16.8 Å². The van der Waals surface area contributed by atoms with Crippen molar-refractivity contribution in [2.24, 2.45) is 0 Å². The first-order chi connectivity index (χ1) is 9.33. The third-order valence-corrected chi connectivity index (χ3v) is 3.43. The van der Waals surface area contributed by atoms with E-state index in [0.717, 1.165) is 15.9 Å². The van der Waals surface area contributed by atoms with Crippen LogP contribution in [0.4, 0.5) is 16.2 Å². The van der Waals surface area contributed by atoms with E-state index in [2.05, 4.69) is 15.6 Å². The molecule has 0 aliphatic rings. The molecule has 94 valence electrons. The van der Waals surface area contributed by atoms with Gasteiger partial charge < -0.3 is 10.6 Å². The van der Waals surface area contributed by atoms with Crippen LogP contribution >= 0.6 is 11.3 Å². The molecule has 1 aromatic heterocycles. The fourth-order valence-electron chi connectivity index (χ4n) is 1.79. The predicted octanol–water partition coefficient (Wildman–Crippen LogP) is 3.94. The fraction of sp³-hybridized carbons (Fsp3) is 0. The molecule has 0 radical (unpaired) electrons. The fourth-order valence-corrected chi connectivity index (χ4v) is 2.50. The summed E-state index contributed by atoms with van der Waals surface area (Å²) in [4.78, 5) is 16.2. The number of para-hydroxylation sites is 2. The number of anilines is 2. The van der Waals surface area contributed by atoms with Crippen LogP contribution in [0.1, 0.15) is 0 Å². The SMILES string of the molecule is O=C(Nc1ccccc1)Nc1cccc2scnc12. The van der Waals surface area contributed by atoms with E-state index in [0.29, 0.717) is 5.69 Å². The highest BCUT2D eigenvalue weighted by Crippen LogP contribution is 2.25. The lowest BCUT2D eigenvalue weighted by Crippen LogP contribution is -2.19. The molecule has 0 bridgehead atoms. The number of carbonyl (C=O) groups excluding carboxylic acids is 1. The van der Waals surface area contributed by atoms with Crippen molar-refractivity contribution in [1.82, 2.24) is 4.98 Å². The quantitative estimate of drug-likeness (QED) is 0.740. The maximum absolute atomic E-state index is 11.9. The molecule has 0 saturated carbocycles. The molecule has 0 atom stereocenters. The summed E-state index contributed by atoms with van der Waals surface area (Å²) in [7, 11) is 0. The van der Waals surface area contributed by atoms with Crippen molar-refractivity contribution in [2.75, 3.05) is 10.6 Å². The minimum Gasteiger partial charge on any atom is -0.308 e. The van der Waals surface area contributed by atoms with Gasteiger partial charge >= 0.3 is 6.03 Å². The van der Waals surface area contributed by atoms with E-state index in [1.807, 2.05) is 48.5 Å². The topological polar surface area (TPSA) is 54.0 Å². The van der Waals surface area contributed by atoms with E-state index in [1.165, 1.54) is 0 Å². The number of nitrogens with zero attached hydrogens (tertiary/aromatic N) is 1.